The van der Waals surface area contributed by atoms with Gasteiger partial charge in [-0.25, -0.2) is 4.79 Å². The Hall–Kier alpha value is -1.59. The lowest BCUT2D eigenvalue weighted by Gasteiger charge is -2.37. The van der Waals surface area contributed by atoms with Gasteiger partial charge in [-0.3, -0.25) is 10.1 Å². The summed E-state index contributed by atoms with van der Waals surface area (Å²) in [7, 11) is 0. The van der Waals surface area contributed by atoms with Crippen molar-refractivity contribution < 1.29 is 14.5 Å². The second-order valence-electron chi connectivity index (χ2n) is 6.69. The van der Waals surface area contributed by atoms with Crippen molar-refractivity contribution in [3.05, 3.63) is 22.4 Å². The third kappa shape index (κ3) is 3.49. The number of hydrogen-bond donors (Lipinski definition) is 0. The lowest BCUT2D eigenvalue weighted by atomic mass is 9.85. The summed E-state index contributed by atoms with van der Waals surface area (Å²) in [6.45, 7) is 6.83. The summed E-state index contributed by atoms with van der Waals surface area (Å²) in [5.74, 6) is 0.856. The molecule has 2 aliphatic rings. The number of likely N-dealkylation sites (tertiary alicyclic amines) is 1. The smallest absolute Gasteiger partial charge is 0.410 e. The highest BCUT2D eigenvalue weighted by atomic mass is 16.6. The van der Waals surface area contributed by atoms with Crippen LogP contribution in [0.4, 0.5) is 4.79 Å². The molecule has 0 aromatic heterocycles. The van der Waals surface area contributed by atoms with Gasteiger partial charge < -0.3 is 9.64 Å². The van der Waals surface area contributed by atoms with Crippen LogP contribution in [0.25, 0.3) is 0 Å². The van der Waals surface area contributed by atoms with Crippen LogP contribution in [-0.2, 0) is 4.74 Å². The van der Waals surface area contributed by atoms with Gasteiger partial charge in [-0.05, 0) is 57.4 Å². The van der Waals surface area contributed by atoms with Gasteiger partial charge in [0.25, 0.3) is 0 Å². The fraction of sp³-hybridized carbons (Fsp3) is 0.786. The number of piperidine rings is 1. The zero-order chi connectivity index (χ0) is 14.9. The first-order valence-electron chi connectivity index (χ1n) is 7.06. The zero-order valence-corrected chi connectivity index (χ0v) is 12.2. The number of nitro groups is 1. The van der Waals surface area contributed by atoms with Gasteiger partial charge >= 0.3 is 6.09 Å². The molecule has 112 valence electrons. The number of carbonyl (C=O) groups excluding carboxylic acids is 1. The van der Waals surface area contributed by atoms with Crippen LogP contribution in [0, 0.1) is 27.9 Å². The summed E-state index contributed by atoms with van der Waals surface area (Å²) < 4.78 is 5.40. The second kappa shape index (κ2) is 5.42. The van der Waals surface area contributed by atoms with Crippen molar-refractivity contribution in [1.82, 2.24) is 4.90 Å². The van der Waals surface area contributed by atoms with Crippen LogP contribution in [0.3, 0.4) is 0 Å². The van der Waals surface area contributed by atoms with E-state index in [-0.39, 0.29) is 12.0 Å². The number of carbonyl (C=O) groups is 1. The van der Waals surface area contributed by atoms with Crippen molar-refractivity contribution in [3.8, 4) is 0 Å². The van der Waals surface area contributed by atoms with Crippen LogP contribution in [0.5, 0.6) is 0 Å². The minimum Gasteiger partial charge on any atom is -0.444 e. The average Bonchev–Trinajstić information content (AvgIpc) is 2.54. The minimum absolute atomic E-state index is 0.221. The summed E-state index contributed by atoms with van der Waals surface area (Å²) in [6, 6.07) is 0. The van der Waals surface area contributed by atoms with E-state index >= 15 is 0 Å². The minimum atomic E-state index is -0.488. The molecule has 1 aliphatic carbocycles. The van der Waals surface area contributed by atoms with Gasteiger partial charge in [0.2, 0.25) is 6.20 Å². The molecule has 1 saturated carbocycles. The van der Waals surface area contributed by atoms with Crippen LogP contribution in [-0.4, -0.2) is 34.6 Å². The number of allylic oxidation sites excluding steroid dienone is 1. The Morgan fingerprint density at radius 3 is 2.30 bits per heavy atom. The average molecular weight is 282 g/mol. The van der Waals surface area contributed by atoms with E-state index in [0.29, 0.717) is 24.9 Å². The lowest BCUT2D eigenvalue weighted by Crippen LogP contribution is -2.46. The molecule has 0 aromatic carbocycles. The van der Waals surface area contributed by atoms with Gasteiger partial charge in [-0.2, -0.15) is 0 Å². The van der Waals surface area contributed by atoms with Crippen molar-refractivity contribution >= 4 is 6.09 Å². The first kappa shape index (κ1) is 14.8. The molecule has 6 heteroatoms. The Kier molecular flexibility index (Phi) is 4.01. The maximum atomic E-state index is 12.1. The van der Waals surface area contributed by atoms with Crippen LogP contribution in [0.2, 0.25) is 0 Å². The second-order valence-corrected chi connectivity index (χ2v) is 6.69. The maximum Gasteiger partial charge on any atom is 0.410 e. The van der Waals surface area contributed by atoms with E-state index < -0.39 is 10.5 Å². The molecule has 0 N–H and O–H groups in total. The van der Waals surface area contributed by atoms with Crippen molar-refractivity contribution in [1.29, 1.82) is 0 Å². The molecular weight excluding hydrogens is 260 g/mol. The summed E-state index contributed by atoms with van der Waals surface area (Å²) in [4.78, 5) is 23.9. The Balaban J connectivity index is 1.98. The first-order chi connectivity index (χ1) is 9.26. The van der Waals surface area contributed by atoms with Crippen molar-refractivity contribution in [2.75, 3.05) is 13.1 Å². The Labute approximate surface area is 118 Å². The SMILES string of the molecule is CC(C)(C)OC(=O)N1CC2CC[C@H](C1)C2/C=C/[N+](=O)[O-]. The highest BCUT2D eigenvalue weighted by Crippen LogP contribution is 2.42. The molecule has 20 heavy (non-hydrogen) atoms. The fourth-order valence-electron chi connectivity index (χ4n) is 3.22. The molecule has 2 unspecified atom stereocenters. The third-order valence-corrected chi connectivity index (χ3v) is 3.99. The molecule has 1 heterocycles. The van der Waals surface area contributed by atoms with Gasteiger partial charge in [0, 0.05) is 13.1 Å². The van der Waals surface area contributed by atoms with Crippen LogP contribution in [0.15, 0.2) is 12.3 Å². The third-order valence-electron chi connectivity index (χ3n) is 3.99. The van der Waals surface area contributed by atoms with Crippen LogP contribution >= 0.6 is 0 Å². The zero-order valence-electron chi connectivity index (χ0n) is 12.2. The fourth-order valence-corrected chi connectivity index (χ4v) is 3.22. The molecule has 1 aliphatic heterocycles. The first-order valence-corrected chi connectivity index (χ1v) is 7.06. The Morgan fingerprint density at radius 1 is 1.30 bits per heavy atom. The van der Waals surface area contributed by atoms with Gasteiger partial charge in [0.05, 0.1) is 4.92 Å². The predicted octanol–water partition coefficient (Wildman–Crippen LogP) is 2.67. The molecular formula is C14H22N2O4. The molecule has 2 rings (SSSR count). The van der Waals surface area contributed by atoms with E-state index in [1.807, 2.05) is 20.8 Å². The molecule has 6 nitrogen and oxygen atoms in total. The summed E-state index contributed by atoms with van der Waals surface area (Å²) in [6.07, 6.45) is 4.52. The van der Waals surface area contributed by atoms with E-state index in [1.54, 1.807) is 11.0 Å². The number of ether oxygens (including phenoxy) is 1. The van der Waals surface area contributed by atoms with Gasteiger partial charge in [0.15, 0.2) is 0 Å². The lowest BCUT2D eigenvalue weighted by molar-refractivity contribution is -0.403. The van der Waals surface area contributed by atoms with E-state index in [4.69, 9.17) is 4.74 Å². The molecule has 0 spiro atoms. The standard InChI is InChI=1S/C14H22N2O4/c1-14(2,3)20-13(17)15-8-10-4-5-11(9-15)12(10)6-7-16(18)19/h6-7,10-12H,4-5,8-9H2,1-3H3/b7-6+/t10-,11?,12?/m1/s1. The van der Waals surface area contributed by atoms with Crippen molar-refractivity contribution in [2.45, 2.75) is 39.2 Å². The highest BCUT2D eigenvalue weighted by Gasteiger charge is 2.43. The van der Waals surface area contributed by atoms with Gasteiger partial charge in [-0.15, -0.1) is 0 Å². The summed E-state index contributed by atoms with van der Waals surface area (Å²) >= 11 is 0. The molecule has 2 bridgehead atoms. The topological polar surface area (TPSA) is 72.7 Å². The summed E-state index contributed by atoms with van der Waals surface area (Å²) in [5, 5.41) is 10.4. The number of hydrogen-bond acceptors (Lipinski definition) is 4. The van der Waals surface area contributed by atoms with E-state index in [1.165, 1.54) is 0 Å². The molecule has 0 aromatic rings. The number of amides is 1. The Morgan fingerprint density at radius 2 is 1.85 bits per heavy atom. The normalized spacial score (nSPS) is 29.8. The number of fused-ring (bicyclic) bond motifs is 2. The Bertz CT molecular complexity index is 413. The summed E-state index contributed by atoms with van der Waals surface area (Å²) in [5.41, 5.74) is -0.488. The number of rotatable bonds is 2. The van der Waals surface area contributed by atoms with Crippen LogP contribution in [0.1, 0.15) is 33.6 Å². The largest absolute Gasteiger partial charge is 0.444 e. The van der Waals surface area contributed by atoms with Gasteiger partial charge in [-0.1, -0.05) is 0 Å². The van der Waals surface area contributed by atoms with E-state index in [2.05, 4.69) is 0 Å². The van der Waals surface area contributed by atoms with Gasteiger partial charge in [0.1, 0.15) is 5.60 Å². The highest BCUT2D eigenvalue weighted by molar-refractivity contribution is 5.68. The van der Waals surface area contributed by atoms with E-state index in [9.17, 15) is 14.9 Å². The van der Waals surface area contributed by atoms with Crippen molar-refractivity contribution in [2.24, 2.45) is 17.8 Å². The molecule has 2 fully saturated rings. The molecule has 0 radical (unpaired) electrons. The maximum absolute atomic E-state index is 12.1. The number of nitrogens with zero attached hydrogens (tertiary/aromatic N) is 2. The monoisotopic (exact) mass is 282 g/mol. The molecule has 1 saturated heterocycles. The molecule has 1 amide bonds. The predicted molar refractivity (Wildman–Crippen MR) is 73.6 cm³/mol. The van der Waals surface area contributed by atoms with Crippen molar-refractivity contribution in [3.63, 3.8) is 0 Å². The molecule has 3 atom stereocenters. The van der Waals surface area contributed by atoms with E-state index in [0.717, 1.165) is 19.0 Å². The van der Waals surface area contributed by atoms with Crippen LogP contribution < -0.4 is 0 Å². The quantitative estimate of drug-likeness (QED) is 0.576.